The van der Waals surface area contributed by atoms with Crippen LogP contribution >= 0.6 is 0 Å². The van der Waals surface area contributed by atoms with Crippen LogP contribution in [0.4, 0.5) is 5.82 Å². The monoisotopic (exact) mass is 260 g/mol. The zero-order chi connectivity index (χ0) is 13.4. The molecular weight excluding hydrogens is 244 g/mol. The molecule has 0 bridgehead atoms. The fourth-order valence-electron chi connectivity index (χ4n) is 3.19. The number of nitrogens with one attached hydrogen (secondary N) is 1. The first-order chi connectivity index (χ1) is 9.16. The summed E-state index contributed by atoms with van der Waals surface area (Å²) in [6, 6.07) is 2.98. The maximum Gasteiger partial charge on any atom is 0.337 e. The Bertz CT molecular complexity index is 500. The van der Waals surface area contributed by atoms with Crippen LogP contribution < -0.4 is 5.32 Å². The normalized spacial score (nSPS) is 28.3. The molecule has 1 heterocycles. The van der Waals surface area contributed by atoms with Crippen LogP contribution in [-0.4, -0.2) is 22.0 Å². The number of nitrogens with zero attached hydrogens (tertiary/aromatic N) is 1. The van der Waals surface area contributed by atoms with Crippen molar-refractivity contribution in [3.8, 4) is 0 Å². The van der Waals surface area contributed by atoms with Crippen molar-refractivity contribution in [1.29, 1.82) is 0 Å². The predicted molar refractivity (Wildman–Crippen MR) is 68.8 cm³/mol. The van der Waals surface area contributed by atoms with Crippen LogP contribution in [0.3, 0.4) is 0 Å². The van der Waals surface area contributed by atoms with E-state index in [0.717, 1.165) is 12.8 Å². The highest BCUT2D eigenvalue weighted by atomic mass is 16.4. The molecule has 2 aliphatic carbocycles. The maximum atomic E-state index is 12.1. The summed E-state index contributed by atoms with van der Waals surface area (Å²) in [5.41, 5.74) is 0.123. The van der Waals surface area contributed by atoms with E-state index in [1.54, 1.807) is 0 Å². The van der Waals surface area contributed by atoms with E-state index in [0.29, 0.717) is 17.7 Å². The van der Waals surface area contributed by atoms with Gasteiger partial charge in [0.25, 0.3) is 0 Å². The highest BCUT2D eigenvalue weighted by Crippen LogP contribution is 2.55. The van der Waals surface area contributed by atoms with Crippen molar-refractivity contribution in [1.82, 2.24) is 4.98 Å². The lowest BCUT2D eigenvalue weighted by atomic mass is 10.0. The number of pyridine rings is 1. The van der Waals surface area contributed by atoms with Gasteiger partial charge in [0.05, 0.1) is 5.56 Å². The van der Waals surface area contributed by atoms with E-state index in [9.17, 15) is 9.59 Å². The van der Waals surface area contributed by atoms with Gasteiger partial charge in [0.2, 0.25) is 5.91 Å². The fraction of sp³-hybridized carbons (Fsp3) is 0.500. The Morgan fingerprint density at radius 1 is 1.21 bits per heavy atom. The molecule has 2 aliphatic rings. The zero-order valence-electron chi connectivity index (χ0n) is 10.5. The largest absolute Gasteiger partial charge is 0.478 e. The summed E-state index contributed by atoms with van der Waals surface area (Å²) in [4.78, 5) is 26.7. The number of rotatable bonds is 3. The van der Waals surface area contributed by atoms with Crippen molar-refractivity contribution in [3.05, 3.63) is 23.9 Å². The number of carboxylic acid groups (broad SMARTS) is 1. The molecule has 5 nitrogen and oxygen atoms in total. The molecule has 5 heteroatoms. The molecule has 0 aliphatic heterocycles. The summed E-state index contributed by atoms with van der Waals surface area (Å²) in [7, 11) is 0. The van der Waals surface area contributed by atoms with Crippen molar-refractivity contribution in [3.63, 3.8) is 0 Å². The smallest absolute Gasteiger partial charge is 0.337 e. The Morgan fingerprint density at radius 3 is 2.42 bits per heavy atom. The van der Waals surface area contributed by atoms with Crippen LogP contribution in [0, 0.1) is 17.8 Å². The number of amides is 1. The summed E-state index contributed by atoms with van der Waals surface area (Å²) in [5, 5.41) is 11.6. The number of carboxylic acids is 1. The van der Waals surface area contributed by atoms with E-state index in [-0.39, 0.29) is 17.4 Å². The SMILES string of the molecule is O=C(O)c1ccc(NC(=O)C2C3CCCCC32)nc1. The highest BCUT2D eigenvalue weighted by molar-refractivity contribution is 5.94. The van der Waals surface area contributed by atoms with Crippen LogP contribution in [0.15, 0.2) is 18.3 Å². The van der Waals surface area contributed by atoms with Gasteiger partial charge in [0.1, 0.15) is 5.82 Å². The number of carbonyl (C=O) groups excluding carboxylic acids is 1. The molecule has 2 unspecified atom stereocenters. The molecule has 2 fully saturated rings. The number of anilines is 1. The van der Waals surface area contributed by atoms with Gasteiger partial charge in [-0.05, 0) is 36.8 Å². The summed E-state index contributed by atoms with van der Waals surface area (Å²) >= 11 is 0. The van der Waals surface area contributed by atoms with Crippen molar-refractivity contribution in [2.24, 2.45) is 17.8 Å². The summed E-state index contributed by atoms with van der Waals surface area (Å²) < 4.78 is 0. The number of hydrogen-bond acceptors (Lipinski definition) is 3. The lowest BCUT2D eigenvalue weighted by Crippen LogP contribution is -2.16. The fourth-order valence-corrected chi connectivity index (χ4v) is 3.19. The Hall–Kier alpha value is -1.91. The highest BCUT2D eigenvalue weighted by Gasteiger charge is 2.54. The first-order valence-corrected chi connectivity index (χ1v) is 6.67. The predicted octanol–water partition coefficient (Wildman–Crippen LogP) is 2.15. The van der Waals surface area contributed by atoms with Gasteiger partial charge in [0.15, 0.2) is 0 Å². The quantitative estimate of drug-likeness (QED) is 0.872. The first-order valence-electron chi connectivity index (χ1n) is 6.67. The van der Waals surface area contributed by atoms with E-state index < -0.39 is 5.97 Å². The third-order valence-corrected chi connectivity index (χ3v) is 4.22. The van der Waals surface area contributed by atoms with Crippen molar-refractivity contribution in [2.45, 2.75) is 25.7 Å². The minimum Gasteiger partial charge on any atom is -0.478 e. The average Bonchev–Trinajstić information content (AvgIpc) is 3.13. The topological polar surface area (TPSA) is 79.3 Å². The summed E-state index contributed by atoms with van der Waals surface area (Å²) in [5.74, 6) is 0.715. The van der Waals surface area contributed by atoms with Crippen LogP contribution in [0.2, 0.25) is 0 Å². The number of carbonyl (C=O) groups is 2. The third-order valence-electron chi connectivity index (χ3n) is 4.22. The molecular formula is C14H16N2O3. The van der Waals surface area contributed by atoms with Crippen LogP contribution in [0.25, 0.3) is 0 Å². The molecule has 2 atom stereocenters. The summed E-state index contributed by atoms with van der Waals surface area (Å²) in [6.07, 6.45) is 6.05. The van der Waals surface area contributed by atoms with Gasteiger partial charge in [-0.25, -0.2) is 9.78 Å². The lowest BCUT2D eigenvalue weighted by Gasteiger charge is -2.04. The van der Waals surface area contributed by atoms with Gasteiger partial charge < -0.3 is 10.4 Å². The first kappa shape index (κ1) is 12.1. The van der Waals surface area contributed by atoms with Crippen LogP contribution in [0.1, 0.15) is 36.0 Å². The van der Waals surface area contributed by atoms with E-state index in [2.05, 4.69) is 10.3 Å². The summed E-state index contributed by atoms with van der Waals surface area (Å²) in [6.45, 7) is 0. The molecule has 0 saturated heterocycles. The molecule has 2 saturated carbocycles. The lowest BCUT2D eigenvalue weighted by molar-refractivity contribution is -0.117. The average molecular weight is 260 g/mol. The molecule has 1 aromatic heterocycles. The van der Waals surface area contributed by atoms with Crippen LogP contribution in [-0.2, 0) is 4.79 Å². The van der Waals surface area contributed by atoms with Crippen molar-refractivity contribution < 1.29 is 14.7 Å². The van der Waals surface area contributed by atoms with Crippen LogP contribution in [0.5, 0.6) is 0 Å². The minimum atomic E-state index is -1.02. The second-order valence-electron chi connectivity index (χ2n) is 5.36. The van der Waals surface area contributed by atoms with Gasteiger partial charge in [-0.1, -0.05) is 12.8 Å². The standard InChI is InChI=1S/C14H16N2O3/c17-13(12-9-3-1-2-4-10(9)12)16-11-6-5-8(7-15-11)14(18)19/h5-7,9-10,12H,1-4H2,(H,18,19)(H,15,16,17). The van der Waals surface area contributed by atoms with Gasteiger partial charge in [-0.2, -0.15) is 0 Å². The Morgan fingerprint density at radius 2 is 1.89 bits per heavy atom. The maximum absolute atomic E-state index is 12.1. The minimum absolute atomic E-state index is 0.0347. The second kappa shape index (κ2) is 4.64. The number of fused-ring (bicyclic) bond motifs is 1. The number of aromatic nitrogens is 1. The number of aromatic carboxylic acids is 1. The van der Waals surface area contributed by atoms with Gasteiger partial charge in [-0.15, -0.1) is 0 Å². The van der Waals surface area contributed by atoms with E-state index in [1.807, 2.05) is 0 Å². The second-order valence-corrected chi connectivity index (χ2v) is 5.36. The molecule has 19 heavy (non-hydrogen) atoms. The number of hydrogen-bond donors (Lipinski definition) is 2. The molecule has 1 aromatic rings. The molecule has 3 rings (SSSR count). The molecule has 0 spiro atoms. The van der Waals surface area contributed by atoms with E-state index in [1.165, 1.54) is 31.2 Å². The third kappa shape index (κ3) is 2.32. The zero-order valence-corrected chi connectivity index (χ0v) is 10.5. The molecule has 1 amide bonds. The Labute approximate surface area is 111 Å². The van der Waals surface area contributed by atoms with E-state index in [4.69, 9.17) is 5.11 Å². The van der Waals surface area contributed by atoms with Gasteiger partial charge >= 0.3 is 5.97 Å². The molecule has 100 valence electrons. The molecule has 0 aromatic carbocycles. The Balaban J connectivity index is 1.62. The molecule has 2 N–H and O–H groups in total. The Kier molecular flexibility index (Phi) is 2.97. The molecule has 0 radical (unpaired) electrons. The van der Waals surface area contributed by atoms with Gasteiger partial charge in [-0.3, -0.25) is 4.79 Å². The van der Waals surface area contributed by atoms with E-state index >= 15 is 0 Å². The van der Waals surface area contributed by atoms with Crippen molar-refractivity contribution >= 4 is 17.7 Å². The van der Waals surface area contributed by atoms with Crippen molar-refractivity contribution in [2.75, 3.05) is 5.32 Å². The van der Waals surface area contributed by atoms with Gasteiger partial charge in [0, 0.05) is 12.1 Å².